The fourth-order valence-corrected chi connectivity index (χ4v) is 2.61. The second-order valence-corrected chi connectivity index (χ2v) is 5.93. The summed E-state index contributed by atoms with van der Waals surface area (Å²) < 4.78 is 28.1. The molecule has 0 radical (unpaired) electrons. The Morgan fingerprint density at radius 1 is 0.885 bits per heavy atom. The standard InChI is InChI=1S/C21H18F2N2O/c22-18-11-9-16(14-19(18)23)10-12-21(26)24-20-8-4-5-13-25(20)15-17-6-2-1-3-7-17/h1-9,11,13-14H,10,12,15H2. The van der Waals surface area contributed by atoms with Crippen molar-refractivity contribution in [1.82, 2.24) is 4.57 Å². The first kappa shape index (κ1) is 17.7. The van der Waals surface area contributed by atoms with Crippen molar-refractivity contribution in [2.24, 2.45) is 4.99 Å². The molecule has 0 atom stereocenters. The van der Waals surface area contributed by atoms with Gasteiger partial charge in [0.25, 0.3) is 0 Å². The van der Waals surface area contributed by atoms with Gasteiger partial charge in [-0.2, -0.15) is 4.99 Å². The molecule has 0 spiro atoms. The molecule has 0 N–H and O–H groups in total. The molecule has 0 saturated carbocycles. The average molecular weight is 352 g/mol. The van der Waals surface area contributed by atoms with Gasteiger partial charge in [0.2, 0.25) is 5.91 Å². The Bertz CT molecular complexity index is 965. The fourth-order valence-electron chi connectivity index (χ4n) is 2.61. The van der Waals surface area contributed by atoms with Crippen LogP contribution in [0.15, 0.2) is 77.9 Å². The van der Waals surface area contributed by atoms with Crippen LogP contribution in [-0.2, 0) is 17.8 Å². The van der Waals surface area contributed by atoms with Crippen molar-refractivity contribution in [1.29, 1.82) is 0 Å². The molecule has 3 aromatic rings. The predicted molar refractivity (Wildman–Crippen MR) is 95.2 cm³/mol. The van der Waals surface area contributed by atoms with E-state index in [1.165, 1.54) is 6.07 Å². The highest BCUT2D eigenvalue weighted by atomic mass is 19.2. The van der Waals surface area contributed by atoms with Gasteiger partial charge in [-0.1, -0.05) is 42.5 Å². The van der Waals surface area contributed by atoms with Gasteiger partial charge in [-0.15, -0.1) is 0 Å². The lowest BCUT2D eigenvalue weighted by atomic mass is 10.1. The Morgan fingerprint density at radius 3 is 2.42 bits per heavy atom. The van der Waals surface area contributed by atoms with Crippen molar-refractivity contribution in [3.8, 4) is 0 Å². The maximum absolute atomic E-state index is 13.2. The summed E-state index contributed by atoms with van der Waals surface area (Å²) in [6, 6.07) is 19.0. The van der Waals surface area contributed by atoms with E-state index >= 15 is 0 Å². The second-order valence-electron chi connectivity index (χ2n) is 5.93. The lowest BCUT2D eigenvalue weighted by molar-refractivity contribution is -0.118. The number of rotatable bonds is 5. The van der Waals surface area contributed by atoms with Crippen LogP contribution in [0.5, 0.6) is 0 Å². The van der Waals surface area contributed by atoms with E-state index in [9.17, 15) is 13.6 Å². The summed E-state index contributed by atoms with van der Waals surface area (Å²) in [4.78, 5) is 16.4. The van der Waals surface area contributed by atoms with Crippen LogP contribution in [-0.4, -0.2) is 10.5 Å². The number of amides is 1. The van der Waals surface area contributed by atoms with Gasteiger partial charge in [0.1, 0.15) is 5.49 Å². The first-order chi connectivity index (χ1) is 12.6. The molecule has 3 nitrogen and oxygen atoms in total. The average Bonchev–Trinajstić information content (AvgIpc) is 2.65. The van der Waals surface area contributed by atoms with Crippen LogP contribution in [0.4, 0.5) is 8.78 Å². The summed E-state index contributed by atoms with van der Waals surface area (Å²) in [7, 11) is 0. The zero-order chi connectivity index (χ0) is 18.4. The molecule has 1 amide bonds. The van der Waals surface area contributed by atoms with Crippen molar-refractivity contribution >= 4 is 5.91 Å². The van der Waals surface area contributed by atoms with E-state index in [0.717, 1.165) is 17.7 Å². The topological polar surface area (TPSA) is 34.4 Å². The van der Waals surface area contributed by atoms with Gasteiger partial charge in [0.05, 0.1) is 0 Å². The van der Waals surface area contributed by atoms with E-state index in [1.54, 1.807) is 6.07 Å². The molecule has 0 unspecified atom stereocenters. The van der Waals surface area contributed by atoms with E-state index in [2.05, 4.69) is 4.99 Å². The van der Waals surface area contributed by atoms with E-state index in [4.69, 9.17) is 0 Å². The Kier molecular flexibility index (Phi) is 5.69. The number of hydrogen-bond acceptors (Lipinski definition) is 1. The van der Waals surface area contributed by atoms with Gasteiger partial charge in [-0.3, -0.25) is 4.79 Å². The Hall–Kier alpha value is -3.08. The fraction of sp³-hybridized carbons (Fsp3) is 0.143. The van der Waals surface area contributed by atoms with Crippen molar-refractivity contribution in [3.63, 3.8) is 0 Å². The van der Waals surface area contributed by atoms with Gasteiger partial charge >= 0.3 is 0 Å². The summed E-state index contributed by atoms with van der Waals surface area (Å²) in [5.74, 6) is -2.10. The molecule has 0 fully saturated rings. The number of aryl methyl sites for hydroxylation is 1. The van der Waals surface area contributed by atoms with Crippen molar-refractivity contribution in [3.05, 3.63) is 101 Å². The summed E-state index contributed by atoms with van der Waals surface area (Å²) in [5, 5.41) is 0. The summed E-state index contributed by atoms with van der Waals surface area (Å²) in [6.45, 7) is 0.608. The summed E-state index contributed by atoms with van der Waals surface area (Å²) in [6.07, 6.45) is 2.31. The molecule has 26 heavy (non-hydrogen) atoms. The van der Waals surface area contributed by atoms with Gasteiger partial charge in [-0.05, 0) is 41.8 Å². The highest BCUT2D eigenvalue weighted by Gasteiger charge is 2.06. The predicted octanol–water partition coefficient (Wildman–Crippen LogP) is 3.87. The molecule has 0 aliphatic rings. The van der Waals surface area contributed by atoms with Crippen LogP contribution >= 0.6 is 0 Å². The molecule has 0 saturated heterocycles. The molecule has 5 heteroatoms. The van der Waals surface area contributed by atoms with Crippen molar-refractivity contribution in [2.75, 3.05) is 0 Å². The lowest BCUT2D eigenvalue weighted by Gasteiger charge is -2.07. The largest absolute Gasteiger partial charge is 0.329 e. The molecular formula is C21H18F2N2O. The second kappa shape index (κ2) is 8.34. The summed E-state index contributed by atoms with van der Waals surface area (Å²) >= 11 is 0. The number of benzene rings is 2. The molecule has 0 aliphatic carbocycles. The monoisotopic (exact) mass is 352 g/mol. The molecule has 132 valence electrons. The van der Waals surface area contributed by atoms with Crippen LogP contribution in [0.2, 0.25) is 0 Å². The van der Waals surface area contributed by atoms with Crippen molar-refractivity contribution in [2.45, 2.75) is 19.4 Å². The maximum Gasteiger partial charge on any atom is 0.247 e. The number of aromatic nitrogens is 1. The van der Waals surface area contributed by atoms with Crippen LogP contribution in [0.3, 0.4) is 0 Å². The quantitative estimate of drug-likeness (QED) is 0.686. The van der Waals surface area contributed by atoms with E-state index in [1.807, 2.05) is 53.2 Å². The zero-order valence-corrected chi connectivity index (χ0v) is 14.1. The van der Waals surface area contributed by atoms with Crippen LogP contribution in [0, 0.1) is 11.6 Å². The third-order valence-corrected chi connectivity index (χ3v) is 3.96. The van der Waals surface area contributed by atoms with Crippen LogP contribution in [0.25, 0.3) is 0 Å². The maximum atomic E-state index is 13.2. The third kappa shape index (κ3) is 4.72. The van der Waals surface area contributed by atoms with E-state index in [0.29, 0.717) is 24.0 Å². The van der Waals surface area contributed by atoms with Crippen LogP contribution in [0.1, 0.15) is 17.5 Å². The number of carbonyl (C=O) groups is 1. The van der Waals surface area contributed by atoms with Gasteiger partial charge < -0.3 is 4.57 Å². The lowest BCUT2D eigenvalue weighted by Crippen LogP contribution is -2.22. The highest BCUT2D eigenvalue weighted by molar-refractivity contribution is 5.77. The van der Waals surface area contributed by atoms with Gasteiger partial charge in [0.15, 0.2) is 11.6 Å². The minimum absolute atomic E-state index is 0.130. The molecule has 1 aromatic heterocycles. The molecule has 1 heterocycles. The SMILES string of the molecule is O=C(CCc1ccc(F)c(F)c1)N=c1ccccn1Cc1ccccc1. The third-order valence-electron chi connectivity index (χ3n) is 3.96. The Morgan fingerprint density at radius 2 is 1.65 bits per heavy atom. The van der Waals surface area contributed by atoms with Crippen molar-refractivity contribution < 1.29 is 13.6 Å². The minimum Gasteiger partial charge on any atom is -0.329 e. The van der Waals surface area contributed by atoms with E-state index in [-0.39, 0.29) is 12.3 Å². The normalized spacial score (nSPS) is 11.5. The van der Waals surface area contributed by atoms with Gasteiger partial charge in [-0.25, -0.2) is 8.78 Å². The first-order valence-electron chi connectivity index (χ1n) is 8.33. The molecule has 2 aromatic carbocycles. The van der Waals surface area contributed by atoms with Crippen LogP contribution < -0.4 is 5.49 Å². The highest BCUT2D eigenvalue weighted by Crippen LogP contribution is 2.10. The molecule has 0 aliphatic heterocycles. The molecule has 0 bridgehead atoms. The Balaban J connectivity index is 1.72. The Labute approximate surface area is 150 Å². The molecule has 3 rings (SSSR count). The van der Waals surface area contributed by atoms with E-state index < -0.39 is 11.6 Å². The smallest absolute Gasteiger partial charge is 0.247 e. The number of hydrogen-bond donors (Lipinski definition) is 0. The molecular weight excluding hydrogens is 334 g/mol. The first-order valence-corrected chi connectivity index (χ1v) is 8.33. The number of halogens is 2. The number of nitrogens with zero attached hydrogens (tertiary/aromatic N) is 2. The zero-order valence-electron chi connectivity index (χ0n) is 14.1. The number of pyridine rings is 1. The minimum atomic E-state index is -0.907. The van der Waals surface area contributed by atoms with Gasteiger partial charge in [0, 0.05) is 19.2 Å². The number of carbonyl (C=O) groups excluding carboxylic acids is 1. The summed E-state index contributed by atoms with van der Waals surface area (Å²) in [5.41, 5.74) is 2.23.